The fraction of sp³-hybridized carbons (Fsp3) is 0.238. The summed E-state index contributed by atoms with van der Waals surface area (Å²) in [5, 5.41) is 14.0. The highest BCUT2D eigenvalue weighted by atomic mass is 35.5. The number of rotatable bonds is 4. The van der Waals surface area contributed by atoms with Crippen LogP contribution in [0.2, 0.25) is 10.0 Å². The Bertz CT molecular complexity index is 1070. The van der Waals surface area contributed by atoms with E-state index < -0.39 is 0 Å². The Kier molecular flexibility index (Phi) is 5.74. The number of amides is 1. The van der Waals surface area contributed by atoms with Crippen LogP contribution in [0.3, 0.4) is 0 Å². The zero-order chi connectivity index (χ0) is 21.3. The SMILES string of the molecule is O=C(c1ccccc1)C1CCN(C(=O)c2ncn(-c3cc(Cl)c(O)c(Cl)c3)n2)CC1. The lowest BCUT2D eigenvalue weighted by Crippen LogP contribution is -2.40. The zero-order valence-corrected chi connectivity index (χ0v) is 17.3. The van der Waals surface area contributed by atoms with Crippen LogP contribution in [0.1, 0.15) is 33.8 Å². The second kappa shape index (κ2) is 8.45. The van der Waals surface area contributed by atoms with Gasteiger partial charge in [0.05, 0.1) is 15.7 Å². The van der Waals surface area contributed by atoms with Crippen molar-refractivity contribution < 1.29 is 14.7 Å². The van der Waals surface area contributed by atoms with Crippen molar-refractivity contribution >= 4 is 34.9 Å². The van der Waals surface area contributed by atoms with E-state index in [0.717, 1.165) is 0 Å². The van der Waals surface area contributed by atoms with Gasteiger partial charge in [0.15, 0.2) is 11.5 Å². The van der Waals surface area contributed by atoms with Gasteiger partial charge in [-0.15, -0.1) is 5.10 Å². The van der Waals surface area contributed by atoms with Crippen molar-refractivity contribution in [1.29, 1.82) is 0 Å². The molecule has 2 aromatic carbocycles. The molecule has 9 heteroatoms. The predicted molar refractivity (Wildman–Crippen MR) is 112 cm³/mol. The number of carbonyl (C=O) groups excluding carboxylic acids is 2. The standard InChI is InChI=1S/C21H18Cl2N4O3/c22-16-10-15(11-17(23)19(16)29)27-12-24-20(25-27)21(30)26-8-6-14(7-9-26)18(28)13-4-2-1-3-5-13/h1-5,10-12,14,29H,6-9H2. The van der Waals surface area contributed by atoms with Gasteiger partial charge in [-0.2, -0.15) is 0 Å². The number of hydrogen-bond acceptors (Lipinski definition) is 5. The van der Waals surface area contributed by atoms with E-state index in [1.54, 1.807) is 4.90 Å². The first-order valence-corrected chi connectivity index (χ1v) is 10.2. The highest BCUT2D eigenvalue weighted by Gasteiger charge is 2.29. The van der Waals surface area contributed by atoms with Crippen molar-refractivity contribution in [2.75, 3.05) is 13.1 Å². The van der Waals surface area contributed by atoms with Crippen molar-refractivity contribution in [3.8, 4) is 11.4 Å². The van der Waals surface area contributed by atoms with Crippen molar-refractivity contribution in [2.24, 2.45) is 5.92 Å². The van der Waals surface area contributed by atoms with E-state index in [1.165, 1.54) is 23.1 Å². The number of benzene rings is 2. The van der Waals surface area contributed by atoms with Crippen molar-refractivity contribution in [3.63, 3.8) is 0 Å². The number of piperidine rings is 1. The molecule has 0 saturated carbocycles. The normalized spacial score (nSPS) is 14.7. The topological polar surface area (TPSA) is 88.3 Å². The van der Waals surface area contributed by atoms with Gasteiger partial charge in [0.1, 0.15) is 6.33 Å². The number of ketones is 1. The first-order valence-electron chi connectivity index (χ1n) is 9.42. The smallest absolute Gasteiger partial charge is 0.293 e. The summed E-state index contributed by atoms with van der Waals surface area (Å²) in [5.74, 6) is -0.445. The monoisotopic (exact) mass is 444 g/mol. The fourth-order valence-electron chi connectivity index (χ4n) is 3.49. The lowest BCUT2D eigenvalue weighted by Gasteiger charge is -2.30. The lowest BCUT2D eigenvalue weighted by atomic mass is 9.89. The molecule has 30 heavy (non-hydrogen) atoms. The van der Waals surface area contributed by atoms with Gasteiger partial charge in [-0.1, -0.05) is 53.5 Å². The molecule has 2 heterocycles. The minimum atomic E-state index is -0.296. The second-order valence-electron chi connectivity index (χ2n) is 7.07. The Morgan fingerprint density at radius 2 is 1.67 bits per heavy atom. The first-order chi connectivity index (χ1) is 14.4. The number of phenols is 1. The first kappa shape index (κ1) is 20.4. The highest BCUT2D eigenvalue weighted by Crippen LogP contribution is 2.33. The highest BCUT2D eigenvalue weighted by molar-refractivity contribution is 6.37. The van der Waals surface area contributed by atoms with E-state index in [9.17, 15) is 14.7 Å². The number of likely N-dealkylation sites (tertiary alicyclic amines) is 1. The van der Waals surface area contributed by atoms with Gasteiger partial charge in [-0.25, -0.2) is 9.67 Å². The van der Waals surface area contributed by atoms with Gasteiger partial charge in [-0.05, 0) is 25.0 Å². The molecule has 154 valence electrons. The van der Waals surface area contributed by atoms with E-state index in [4.69, 9.17) is 23.2 Å². The summed E-state index contributed by atoms with van der Waals surface area (Å²) in [6.07, 6.45) is 2.59. The number of halogens is 2. The van der Waals surface area contributed by atoms with Gasteiger partial charge in [0, 0.05) is 24.6 Å². The lowest BCUT2D eigenvalue weighted by molar-refractivity contribution is 0.0640. The van der Waals surface area contributed by atoms with Crippen LogP contribution in [-0.2, 0) is 0 Å². The molecule has 3 aromatic rings. The molecular weight excluding hydrogens is 427 g/mol. The minimum absolute atomic E-state index is 0.0446. The van der Waals surface area contributed by atoms with Crippen molar-refractivity contribution in [3.05, 3.63) is 70.2 Å². The van der Waals surface area contributed by atoms with E-state index in [2.05, 4.69) is 10.1 Å². The quantitative estimate of drug-likeness (QED) is 0.613. The van der Waals surface area contributed by atoms with Gasteiger partial charge in [0.25, 0.3) is 5.91 Å². The molecule has 0 bridgehead atoms. The molecule has 0 atom stereocenters. The van der Waals surface area contributed by atoms with E-state index in [-0.39, 0.29) is 39.2 Å². The van der Waals surface area contributed by atoms with Crippen LogP contribution in [-0.4, -0.2) is 49.6 Å². The molecule has 1 saturated heterocycles. The van der Waals surface area contributed by atoms with Gasteiger partial charge in [-0.3, -0.25) is 9.59 Å². The molecule has 1 amide bonds. The molecule has 1 N–H and O–H groups in total. The van der Waals surface area contributed by atoms with Crippen LogP contribution in [0.15, 0.2) is 48.8 Å². The zero-order valence-electron chi connectivity index (χ0n) is 15.8. The Morgan fingerprint density at radius 3 is 2.30 bits per heavy atom. The number of nitrogens with zero attached hydrogens (tertiary/aromatic N) is 4. The van der Waals surface area contributed by atoms with Crippen molar-refractivity contribution in [1.82, 2.24) is 19.7 Å². The fourth-order valence-corrected chi connectivity index (χ4v) is 3.97. The molecule has 1 aliphatic rings. The number of Topliss-reactive ketones (excluding diaryl/α,β-unsaturated/α-hetero) is 1. The third-order valence-electron chi connectivity index (χ3n) is 5.16. The third-order valence-corrected chi connectivity index (χ3v) is 5.74. The molecule has 0 radical (unpaired) electrons. The maximum absolute atomic E-state index is 12.8. The Balaban J connectivity index is 1.42. The van der Waals surface area contributed by atoms with E-state index in [1.807, 2.05) is 30.3 Å². The van der Waals surface area contributed by atoms with E-state index in [0.29, 0.717) is 37.2 Å². The summed E-state index contributed by atoms with van der Waals surface area (Å²) in [6.45, 7) is 0.932. The Hall–Kier alpha value is -2.90. The maximum atomic E-state index is 12.8. The van der Waals surface area contributed by atoms with E-state index >= 15 is 0 Å². The summed E-state index contributed by atoms with van der Waals surface area (Å²) in [4.78, 5) is 31.2. The van der Waals surface area contributed by atoms with Crippen LogP contribution in [0, 0.1) is 5.92 Å². The van der Waals surface area contributed by atoms with Gasteiger partial charge in [0.2, 0.25) is 5.82 Å². The number of phenolic OH excluding ortho intramolecular Hbond substituents is 1. The number of hydrogen-bond donors (Lipinski definition) is 1. The largest absolute Gasteiger partial charge is 0.505 e. The molecule has 1 fully saturated rings. The average Bonchev–Trinajstić information content (AvgIpc) is 3.27. The summed E-state index contributed by atoms with van der Waals surface area (Å²) in [5.41, 5.74) is 1.18. The predicted octanol–water partition coefficient (Wildman–Crippen LogP) is 4.01. The summed E-state index contributed by atoms with van der Waals surface area (Å²) >= 11 is 11.9. The van der Waals surface area contributed by atoms with Gasteiger partial charge < -0.3 is 10.0 Å². The molecule has 4 rings (SSSR count). The molecular formula is C21H18Cl2N4O3. The van der Waals surface area contributed by atoms with Crippen LogP contribution in [0.5, 0.6) is 5.75 Å². The molecule has 7 nitrogen and oxygen atoms in total. The molecule has 0 spiro atoms. The summed E-state index contributed by atoms with van der Waals surface area (Å²) in [7, 11) is 0. The Morgan fingerprint density at radius 1 is 1.03 bits per heavy atom. The minimum Gasteiger partial charge on any atom is -0.505 e. The molecule has 0 unspecified atom stereocenters. The van der Waals surface area contributed by atoms with Crippen LogP contribution >= 0.6 is 23.2 Å². The van der Waals surface area contributed by atoms with Crippen molar-refractivity contribution in [2.45, 2.75) is 12.8 Å². The molecule has 0 aliphatic carbocycles. The Labute approximate surface area is 182 Å². The third kappa shape index (κ3) is 4.04. The average molecular weight is 445 g/mol. The number of aromatic nitrogens is 3. The van der Waals surface area contributed by atoms with Crippen LogP contribution < -0.4 is 0 Å². The number of carbonyl (C=O) groups is 2. The second-order valence-corrected chi connectivity index (χ2v) is 7.88. The van der Waals surface area contributed by atoms with Gasteiger partial charge >= 0.3 is 0 Å². The summed E-state index contributed by atoms with van der Waals surface area (Å²) < 4.78 is 1.37. The number of aromatic hydroxyl groups is 1. The molecule has 1 aliphatic heterocycles. The summed E-state index contributed by atoms with van der Waals surface area (Å²) in [6, 6.07) is 12.2. The van der Waals surface area contributed by atoms with Crippen LogP contribution in [0.4, 0.5) is 0 Å². The maximum Gasteiger partial charge on any atom is 0.293 e. The molecule has 1 aromatic heterocycles. The van der Waals surface area contributed by atoms with Crippen LogP contribution in [0.25, 0.3) is 5.69 Å².